The Morgan fingerprint density at radius 2 is 1.80 bits per heavy atom. The van der Waals surface area contributed by atoms with Crippen molar-refractivity contribution in [2.45, 2.75) is 6.42 Å². The minimum Gasteiger partial charge on any atom is -0.380 e. The molecule has 110 valence electrons. The summed E-state index contributed by atoms with van der Waals surface area (Å²) in [4.78, 5) is 15.9. The maximum absolute atomic E-state index is 13.4. The molecule has 2 rings (SSSR count). The molecule has 1 N–H and O–H groups in total. The van der Waals surface area contributed by atoms with Crippen LogP contribution in [0.2, 0.25) is 0 Å². The number of rotatable bonds is 4. The van der Waals surface area contributed by atoms with E-state index in [2.05, 4.69) is 10.2 Å². The van der Waals surface area contributed by atoms with Crippen LogP contribution in [0.3, 0.4) is 0 Å². The molecule has 0 radical (unpaired) electrons. The molecule has 1 aromatic carbocycles. The number of hydrogen-bond acceptors (Lipinski definition) is 3. The molecule has 1 aliphatic rings. The molecule has 0 spiro atoms. The fraction of sp³-hybridized carbons (Fsp3) is 0.500. The van der Waals surface area contributed by atoms with Gasteiger partial charge in [-0.1, -0.05) is 6.07 Å². The molecular formula is C14H19F2N3O. The lowest BCUT2D eigenvalue weighted by molar-refractivity contribution is -0.132. The molecule has 0 unspecified atom stereocenters. The number of amides is 1. The van der Waals surface area contributed by atoms with E-state index in [-0.39, 0.29) is 24.6 Å². The molecule has 1 aliphatic heterocycles. The second kappa shape index (κ2) is 6.65. The standard InChI is InChI=1S/C14H19F2N3O/c1-18-7-9-19(10-8-18)13(20)5-6-17-14-11(15)3-2-4-12(14)16/h2-4,17H,5-10H2,1H3. The van der Waals surface area contributed by atoms with Crippen molar-refractivity contribution in [2.24, 2.45) is 0 Å². The third-order valence-electron chi connectivity index (χ3n) is 3.46. The number of piperazine rings is 1. The van der Waals surface area contributed by atoms with Gasteiger partial charge in [-0.15, -0.1) is 0 Å². The zero-order chi connectivity index (χ0) is 14.5. The maximum atomic E-state index is 13.4. The van der Waals surface area contributed by atoms with E-state index >= 15 is 0 Å². The largest absolute Gasteiger partial charge is 0.380 e. The van der Waals surface area contributed by atoms with Crippen molar-refractivity contribution in [3.8, 4) is 0 Å². The highest BCUT2D eigenvalue weighted by Gasteiger charge is 2.18. The number of anilines is 1. The molecule has 1 saturated heterocycles. The minimum absolute atomic E-state index is 0.0161. The van der Waals surface area contributed by atoms with Crippen LogP contribution in [0, 0.1) is 11.6 Å². The molecule has 0 saturated carbocycles. The number of carbonyl (C=O) groups excluding carboxylic acids is 1. The fourth-order valence-corrected chi connectivity index (χ4v) is 2.18. The number of para-hydroxylation sites is 1. The molecule has 0 atom stereocenters. The first-order valence-corrected chi connectivity index (χ1v) is 6.72. The van der Waals surface area contributed by atoms with Crippen LogP contribution in [0.25, 0.3) is 0 Å². The highest BCUT2D eigenvalue weighted by atomic mass is 19.1. The lowest BCUT2D eigenvalue weighted by atomic mass is 10.2. The lowest BCUT2D eigenvalue weighted by Crippen LogP contribution is -2.47. The SMILES string of the molecule is CN1CCN(C(=O)CCNc2c(F)cccc2F)CC1. The molecule has 6 heteroatoms. The van der Waals surface area contributed by atoms with Gasteiger partial charge in [0.05, 0.1) is 0 Å². The summed E-state index contributed by atoms with van der Waals surface area (Å²) in [6.07, 6.45) is 0.234. The van der Waals surface area contributed by atoms with Crippen LogP contribution in [0.4, 0.5) is 14.5 Å². The van der Waals surface area contributed by atoms with Crippen molar-refractivity contribution in [3.63, 3.8) is 0 Å². The monoisotopic (exact) mass is 283 g/mol. The van der Waals surface area contributed by atoms with Crippen LogP contribution < -0.4 is 5.32 Å². The zero-order valence-corrected chi connectivity index (χ0v) is 11.5. The Morgan fingerprint density at radius 1 is 1.20 bits per heavy atom. The van der Waals surface area contributed by atoms with Crippen molar-refractivity contribution in [3.05, 3.63) is 29.8 Å². The van der Waals surface area contributed by atoms with Crippen molar-refractivity contribution >= 4 is 11.6 Å². The van der Waals surface area contributed by atoms with E-state index in [4.69, 9.17) is 0 Å². The van der Waals surface area contributed by atoms with E-state index in [1.807, 2.05) is 7.05 Å². The van der Waals surface area contributed by atoms with Gasteiger partial charge in [-0.05, 0) is 19.2 Å². The van der Waals surface area contributed by atoms with E-state index in [0.29, 0.717) is 13.1 Å². The molecule has 0 bridgehead atoms. The predicted octanol–water partition coefficient (Wildman–Crippen LogP) is 1.54. The van der Waals surface area contributed by atoms with Crippen molar-refractivity contribution in [1.82, 2.24) is 9.80 Å². The molecule has 0 aliphatic carbocycles. The average molecular weight is 283 g/mol. The van der Waals surface area contributed by atoms with Gasteiger partial charge in [0.15, 0.2) is 0 Å². The number of hydrogen-bond donors (Lipinski definition) is 1. The minimum atomic E-state index is -0.642. The number of carbonyl (C=O) groups is 1. The van der Waals surface area contributed by atoms with E-state index < -0.39 is 11.6 Å². The average Bonchev–Trinajstić information content (AvgIpc) is 2.42. The maximum Gasteiger partial charge on any atom is 0.224 e. The van der Waals surface area contributed by atoms with Crippen LogP contribution in [0.15, 0.2) is 18.2 Å². The van der Waals surface area contributed by atoms with Gasteiger partial charge in [-0.2, -0.15) is 0 Å². The molecule has 20 heavy (non-hydrogen) atoms. The van der Waals surface area contributed by atoms with Crippen LogP contribution in [-0.2, 0) is 4.79 Å². The molecule has 1 aromatic rings. The van der Waals surface area contributed by atoms with Gasteiger partial charge >= 0.3 is 0 Å². The second-order valence-corrected chi connectivity index (χ2v) is 4.96. The van der Waals surface area contributed by atoms with Gasteiger partial charge in [-0.25, -0.2) is 8.78 Å². The van der Waals surface area contributed by atoms with Crippen LogP contribution in [0.1, 0.15) is 6.42 Å². The highest BCUT2D eigenvalue weighted by molar-refractivity contribution is 5.76. The number of likely N-dealkylation sites (N-methyl/N-ethyl adjacent to an activating group) is 1. The Morgan fingerprint density at radius 3 is 2.40 bits per heavy atom. The Bertz CT molecular complexity index is 453. The quantitative estimate of drug-likeness (QED) is 0.910. The van der Waals surface area contributed by atoms with Crippen LogP contribution >= 0.6 is 0 Å². The molecule has 1 fully saturated rings. The number of halogens is 2. The first-order chi connectivity index (χ1) is 9.58. The zero-order valence-electron chi connectivity index (χ0n) is 11.5. The Kier molecular flexibility index (Phi) is 4.89. The topological polar surface area (TPSA) is 35.6 Å². The first kappa shape index (κ1) is 14.7. The summed E-state index contributed by atoms with van der Waals surface area (Å²) in [6.45, 7) is 3.37. The van der Waals surface area contributed by atoms with E-state index in [0.717, 1.165) is 13.1 Å². The van der Waals surface area contributed by atoms with E-state index in [9.17, 15) is 13.6 Å². The summed E-state index contributed by atoms with van der Waals surface area (Å²) in [6, 6.07) is 3.69. The van der Waals surface area contributed by atoms with Crippen molar-refractivity contribution in [1.29, 1.82) is 0 Å². The van der Waals surface area contributed by atoms with Crippen molar-refractivity contribution in [2.75, 3.05) is 45.1 Å². The summed E-state index contributed by atoms with van der Waals surface area (Å²) < 4.78 is 26.7. The highest BCUT2D eigenvalue weighted by Crippen LogP contribution is 2.17. The summed E-state index contributed by atoms with van der Waals surface area (Å²) >= 11 is 0. The third-order valence-corrected chi connectivity index (χ3v) is 3.46. The van der Waals surface area contributed by atoms with Crippen LogP contribution in [0.5, 0.6) is 0 Å². The van der Waals surface area contributed by atoms with Gasteiger partial charge < -0.3 is 15.1 Å². The fourth-order valence-electron chi connectivity index (χ4n) is 2.18. The number of nitrogens with zero attached hydrogens (tertiary/aromatic N) is 2. The van der Waals surface area contributed by atoms with E-state index in [1.54, 1.807) is 4.90 Å². The summed E-state index contributed by atoms with van der Waals surface area (Å²) in [5, 5.41) is 2.65. The predicted molar refractivity (Wildman–Crippen MR) is 73.5 cm³/mol. The Labute approximate surface area is 117 Å². The van der Waals surface area contributed by atoms with Gasteiger partial charge in [0, 0.05) is 39.1 Å². The second-order valence-electron chi connectivity index (χ2n) is 4.96. The first-order valence-electron chi connectivity index (χ1n) is 6.72. The van der Waals surface area contributed by atoms with Gasteiger partial charge in [-0.3, -0.25) is 4.79 Å². The summed E-state index contributed by atoms with van der Waals surface area (Å²) in [5.74, 6) is -1.27. The number of nitrogens with one attached hydrogen (secondary N) is 1. The van der Waals surface area contributed by atoms with Gasteiger partial charge in [0.2, 0.25) is 5.91 Å². The molecule has 1 amide bonds. The molecule has 0 aromatic heterocycles. The van der Waals surface area contributed by atoms with Gasteiger partial charge in [0.1, 0.15) is 17.3 Å². The molecule has 4 nitrogen and oxygen atoms in total. The van der Waals surface area contributed by atoms with Crippen molar-refractivity contribution < 1.29 is 13.6 Å². The summed E-state index contributed by atoms with van der Waals surface area (Å²) in [7, 11) is 2.02. The molecular weight excluding hydrogens is 264 g/mol. The lowest BCUT2D eigenvalue weighted by Gasteiger charge is -2.32. The number of benzene rings is 1. The Hall–Kier alpha value is -1.69. The third kappa shape index (κ3) is 3.66. The van der Waals surface area contributed by atoms with Gasteiger partial charge in [0.25, 0.3) is 0 Å². The van der Waals surface area contributed by atoms with E-state index in [1.165, 1.54) is 18.2 Å². The summed E-state index contributed by atoms with van der Waals surface area (Å²) in [5.41, 5.74) is -0.168. The smallest absolute Gasteiger partial charge is 0.224 e. The van der Waals surface area contributed by atoms with Crippen LogP contribution in [-0.4, -0.2) is 55.5 Å². The normalized spacial score (nSPS) is 16.2. The Balaban J connectivity index is 1.79. The molecule has 1 heterocycles.